The molecule has 2 aromatic heterocycles. The lowest BCUT2D eigenvalue weighted by molar-refractivity contribution is 1.31. The normalized spacial score (nSPS) is 10.6. The maximum atomic E-state index is 5.94. The lowest BCUT2D eigenvalue weighted by atomic mass is 10.1. The molecule has 3 aromatic rings. The second-order valence-corrected chi connectivity index (χ2v) is 4.97. The van der Waals surface area contributed by atoms with Gasteiger partial charge in [0.2, 0.25) is 0 Å². The third-order valence-corrected chi connectivity index (χ3v) is 3.47. The lowest BCUT2D eigenvalue weighted by Gasteiger charge is -2.12. The molecule has 0 aliphatic carbocycles. The van der Waals surface area contributed by atoms with E-state index in [-0.39, 0.29) is 0 Å². The van der Waals surface area contributed by atoms with Crippen LogP contribution in [0.1, 0.15) is 0 Å². The van der Waals surface area contributed by atoms with Gasteiger partial charge in [0, 0.05) is 29.7 Å². The van der Waals surface area contributed by atoms with Gasteiger partial charge in [-0.3, -0.25) is 9.97 Å². The SMILES string of the molecule is Nc1cncc(Br)c1Nc1cccc2ccncc12. The highest BCUT2D eigenvalue weighted by atomic mass is 79.9. The zero-order valence-corrected chi connectivity index (χ0v) is 11.6. The predicted octanol–water partition coefficient (Wildman–Crippen LogP) is 3.72. The number of nitrogens with two attached hydrogens (primary N) is 1. The van der Waals surface area contributed by atoms with Crippen molar-refractivity contribution in [2.24, 2.45) is 0 Å². The van der Waals surface area contributed by atoms with Crippen LogP contribution < -0.4 is 11.1 Å². The molecule has 0 radical (unpaired) electrons. The minimum Gasteiger partial charge on any atom is -0.396 e. The third kappa shape index (κ3) is 2.24. The van der Waals surface area contributed by atoms with E-state index in [0.717, 1.165) is 26.6 Å². The molecule has 2 heterocycles. The van der Waals surface area contributed by atoms with Crippen molar-refractivity contribution >= 4 is 43.8 Å². The molecule has 4 nitrogen and oxygen atoms in total. The average Bonchev–Trinajstić information content (AvgIpc) is 2.43. The van der Waals surface area contributed by atoms with Crippen molar-refractivity contribution < 1.29 is 0 Å². The van der Waals surface area contributed by atoms with Crippen LogP contribution in [0.4, 0.5) is 17.1 Å². The van der Waals surface area contributed by atoms with E-state index in [2.05, 4.69) is 31.2 Å². The molecule has 0 spiro atoms. The molecule has 0 saturated carbocycles. The Labute approximate surface area is 118 Å². The van der Waals surface area contributed by atoms with Crippen molar-refractivity contribution in [3.8, 4) is 0 Å². The summed E-state index contributed by atoms with van der Waals surface area (Å²) < 4.78 is 0.827. The first-order chi connectivity index (χ1) is 9.25. The van der Waals surface area contributed by atoms with Gasteiger partial charge in [0.15, 0.2) is 0 Å². The highest BCUT2D eigenvalue weighted by Crippen LogP contribution is 2.32. The smallest absolute Gasteiger partial charge is 0.0794 e. The van der Waals surface area contributed by atoms with Gasteiger partial charge in [0.05, 0.1) is 22.0 Å². The van der Waals surface area contributed by atoms with Crippen LogP contribution in [0.3, 0.4) is 0 Å². The second kappa shape index (κ2) is 4.85. The Kier molecular flexibility index (Phi) is 3.05. The van der Waals surface area contributed by atoms with Crippen LogP contribution >= 0.6 is 15.9 Å². The van der Waals surface area contributed by atoms with E-state index in [1.54, 1.807) is 18.6 Å². The largest absolute Gasteiger partial charge is 0.396 e. The van der Waals surface area contributed by atoms with E-state index in [9.17, 15) is 0 Å². The minimum atomic E-state index is 0.593. The summed E-state index contributed by atoms with van der Waals surface area (Å²) in [6.45, 7) is 0. The number of rotatable bonds is 2. The summed E-state index contributed by atoms with van der Waals surface area (Å²) in [7, 11) is 0. The van der Waals surface area contributed by atoms with Gasteiger partial charge in [-0.2, -0.15) is 0 Å². The number of nitrogens with one attached hydrogen (secondary N) is 1. The predicted molar refractivity (Wildman–Crippen MR) is 81.4 cm³/mol. The zero-order chi connectivity index (χ0) is 13.2. The fourth-order valence-electron chi connectivity index (χ4n) is 1.94. The fourth-order valence-corrected chi connectivity index (χ4v) is 2.39. The molecule has 94 valence electrons. The highest BCUT2D eigenvalue weighted by molar-refractivity contribution is 9.10. The van der Waals surface area contributed by atoms with Gasteiger partial charge in [0.25, 0.3) is 0 Å². The quantitative estimate of drug-likeness (QED) is 0.756. The molecule has 3 rings (SSSR count). The van der Waals surface area contributed by atoms with Gasteiger partial charge in [-0.1, -0.05) is 12.1 Å². The second-order valence-electron chi connectivity index (χ2n) is 4.11. The van der Waals surface area contributed by atoms with Crippen LogP contribution in [0.25, 0.3) is 10.8 Å². The average molecular weight is 315 g/mol. The van der Waals surface area contributed by atoms with E-state index >= 15 is 0 Å². The van der Waals surface area contributed by atoms with Crippen molar-refractivity contribution in [1.82, 2.24) is 9.97 Å². The molecule has 0 atom stereocenters. The summed E-state index contributed by atoms with van der Waals surface area (Å²) >= 11 is 3.45. The summed E-state index contributed by atoms with van der Waals surface area (Å²) in [5.41, 5.74) is 8.31. The van der Waals surface area contributed by atoms with E-state index in [4.69, 9.17) is 5.73 Å². The van der Waals surface area contributed by atoms with Crippen molar-refractivity contribution in [1.29, 1.82) is 0 Å². The molecule has 3 N–H and O–H groups in total. The Morgan fingerprint density at radius 2 is 1.95 bits per heavy atom. The van der Waals surface area contributed by atoms with Gasteiger partial charge in [0.1, 0.15) is 0 Å². The molecule has 5 heteroatoms. The molecule has 0 saturated heterocycles. The van der Waals surface area contributed by atoms with Crippen molar-refractivity contribution in [3.63, 3.8) is 0 Å². The first-order valence-corrected chi connectivity index (χ1v) is 6.54. The standard InChI is InChI=1S/C14H11BrN4/c15-11-7-18-8-12(16)14(11)19-13-3-1-2-9-4-5-17-6-10(9)13/h1-8H,16H2,(H,18,19). The number of nitrogens with zero attached hydrogens (tertiary/aromatic N) is 2. The van der Waals surface area contributed by atoms with Gasteiger partial charge < -0.3 is 11.1 Å². The van der Waals surface area contributed by atoms with Crippen LogP contribution in [0.15, 0.2) is 53.5 Å². The van der Waals surface area contributed by atoms with Gasteiger partial charge in [-0.15, -0.1) is 0 Å². The maximum Gasteiger partial charge on any atom is 0.0794 e. The molecule has 0 fully saturated rings. The Bertz CT molecular complexity index is 717. The van der Waals surface area contributed by atoms with E-state index in [0.29, 0.717) is 5.69 Å². The monoisotopic (exact) mass is 314 g/mol. The van der Waals surface area contributed by atoms with Crippen molar-refractivity contribution in [2.45, 2.75) is 0 Å². The third-order valence-electron chi connectivity index (χ3n) is 2.87. The molecular weight excluding hydrogens is 304 g/mol. The zero-order valence-electron chi connectivity index (χ0n) is 9.97. The molecule has 19 heavy (non-hydrogen) atoms. The van der Waals surface area contributed by atoms with Gasteiger partial charge in [-0.25, -0.2) is 0 Å². The molecule has 0 aliphatic rings. The number of hydrogen-bond donors (Lipinski definition) is 2. The number of nitrogen functional groups attached to an aromatic ring is 1. The molecule has 1 aromatic carbocycles. The van der Waals surface area contributed by atoms with Crippen LogP contribution in [0.5, 0.6) is 0 Å². The number of benzene rings is 1. The first-order valence-electron chi connectivity index (χ1n) is 5.74. The summed E-state index contributed by atoms with van der Waals surface area (Å²) in [6.07, 6.45) is 6.95. The molecular formula is C14H11BrN4. The van der Waals surface area contributed by atoms with E-state index < -0.39 is 0 Å². The Balaban J connectivity index is 2.11. The van der Waals surface area contributed by atoms with Crippen LogP contribution in [-0.4, -0.2) is 9.97 Å². The van der Waals surface area contributed by atoms with E-state index in [1.165, 1.54) is 0 Å². The fraction of sp³-hybridized carbons (Fsp3) is 0. The molecule has 0 aliphatic heterocycles. The summed E-state index contributed by atoms with van der Waals surface area (Å²) in [6, 6.07) is 8.02. The summed E-state index contributed by atoms with van der Waals surface area (Å²) in [5, 5.41) is 5.51. The number of halogens is 1. The van der Waals surface area contributed by atoms with Crippen LogP contribution in [-0.2, 0) is 0 Å². The number of hydrogen-bond acceptors (Lipinski definition) is 4. The molecule has 0 bridgehead atoms. The Morgan fingerprint density at radius 1 is 1.05 bits per heavy atom. The van der Waals surface area contributed by atoms with Gasteiger partial charge >= 0.3 is 0 Å². The van der Waals surface area contributed by atoms with Crippen LogP contribution in [0, 0.1) is 0 Å². The van der Waals surface area contributed by atoms with E-state index in [1.807, 2.05) is 30.5 Å². The Morgan fingerprint density at radius 3 is 2.79 bits per heavy atom. The number of aromatic nitrogens is 2. The number of anilines is 3. The lowest BCUT2D eigenvalue weighted by Crippen LogP contribution is -1.98. The van der Waals surface area contributed by atoms with Crippen molar-refractivity contribution in [3.05, 3.63) is 53.5 Å². The Hall–Kier alpha value is -2.14. The summed E-state index contributed by atoms with van der Waals surface area (Å²) in [5.74, 6) is 0. The maximum absolute atomic E-state index is 5.94. The minimum absolute atomic E-state index is 0.593. The first kappa shape index (κ1) is 11.9. The molecule has 0 unspecified atom stereocenters. The van der Waals surface area contributed by atoms with Gasteiger partial charge in [-0.05, 0) is 33.4 Å². The number of pyridine rings is 2. The van der Waals surface area contributed by atoms with Crippen LogP contribution in [0.2, 0.25) is 0 Å². The topological polar surface area (TPSA) is 63.8 Å². The number of fused-ring (bicyclic) bond motifs is 1. The molecule has 0 amide bonds. The summed E-state index contributed by atoms with van der Waals surface area (Å²) in [4.78, 5) is 8.19. The highest BCUT2D eigenvalue weighted by Gasteiger charge is 2.07. The van der Waals surface area contributed by atoms with Crippen molar-refractivity contribution in [2.75, 3.05) is 11.1 Å².